The van der Waals surface area contributed by atoms with Gasteiger partial charge in [-0.25, -0.2) is 4.98 Å². The molecule has 4 heteroatoms. The highest BCUT2D eigenvalue weighted by Gasteiger charge is 2.19. The number of hydrogen-bond donors (Lipinski definition) is 1. The van der Waals surface area contributed by atoms with Gasteiger partial charge < -0.3 is 5.32 Å². The van der Waals surface area contributed by atoms with Gasteiger partial charge in [-0.15, -0.1) is 11.3 Å². The smallest absolute Gasteiger partial charge is 0.0945 e. The number of nitrogens with zero attached hydrogens (tertiary/aromatic N) is 1. The first-order valence-corrected chi connectivity index (χ1v) is 7.92. The molecule has 0 radical (unpaired) electrons. The van der Waals surface area contributed by atoms with Gasteiger partial charge in [0.25, 0.3) is 0 Å². The molecule has 18 heavy (non-hydrogen) atoms. The van der Waals surface area contributed by atoms with E-state index < -0.39 is 0 Å². The van der Waals surface area contributed by atoms with Crippen molar-refractivity contribution in [3.63, 3.8) is 0 Å². The standard InChI is InChI=1S/C14H15BrN2S/c15-11-3-1-2-10(8-11)13-9-18-14(17-13)6-7-16-12-4-5-12/h1-3,8-9,12,16H,4-7H2. The van der Waals surface area contributed by atoms with Crippen LogP contribution in [0.5, 0.6) is 0 Å². The van der Waals surface area contributed by atoms with E-state index in [-0.39, 0.29) is 0 Å². The molecule has 94 valence electrons. The summed E-state index contributed by atoms with van der Waals surface area (Å²) in [6.45, 7) is 1.05. The van der Waals surface area contributed by atoms with Crippen LogP contribution in [0.2, 0.25) is 0 Å². The van der Waals surface area contributed by atoms with Crippen molar-refractivity contribution in [3.8, 4) is 11.3 Å². The van der Waals surface area contributed by atoms with Crippen LogP contribution in [0.1, 0.15) is 17.8 Å². The largest absolute Gasteiger partial charge is 0.314 e. The third kappa shape index (κ3) is 3.19. The Bertz CT molecular complexity index is 534. The van der Waals surface area contributed by atoms with Crippen LogP contribution in [-0.2, 0) is 6.42 Å². The number of benzene rings is 1. The van der Waals surface area contributed by atoms with Gasteiger partial charge in [-0.1, -0.05) is 28.1 Å². The number of hydrogen-bond acceptors (Lipinski definition) is 3. The Hall–Kier alpha value is -0.710. The number of nitrogens with one attached hydrogen (secondary N) is 1. The second kappa shape index (κ2) is 5.51. The molecule has 0 spiro atoms. The van der Waals surface area contributed by atoms with Crippen molar-refractivity contribution in [2.45, 2.75) is 25.3 Å². The van der Waals surface area contributed by atoms with E-state index in [2.05, 4.69) is 38.8 Å². The summed E-state index contributed by atoms with van der Waals surface area (Å²) in [5.74, 6) is 0. The topological polar surface area (TPSA) is 24.9 Å². The molecule has 1 aliphatic carbocycles. The van der Waals surface area contributed by atoms with Gasteiger partial charge in [-0.2, -0.15) is 0 Å². The highest BCUT2D eigenvalue weighted by Crippen LogP contribution is 2.25. The summed E-state index contributed by atoms with van der Waals surface area (Å²) >= 11 is 5.25. The molecule has 0 saturated heterocycles. The Morgan fingerprint density at radius 2 is 2.28 bits per heavy atom. The maximum Gasteiger partial charge on any atom is 0.0945 e. The SMILES string of the molecule is Brc1cccc(-c2csc(CCNC3CC3)n2)c1. The quantitative estimate of drug-likeness (QED) is 0.903. The third-order valence-electron chi connectivity index (χ3n) is 3.02. The summed E-state index contributed by atoms with van der Waals surface area (Å²) in [5.41, 5.74) is 2.27. The Balaban J connectivity index is 1.64. The average Bonchev–Trinajstić information content (AvgIpc) is 3.06. The van der Waals surface area contributed by atoms with Crippen molar-refractivity contribution in [2.24, 2.45) is 0 Å². The van der Waals surface area contributed by atoms with Crippen molar-refractivity contribution in [1.29, 1.82) is 0 Å². The van der Waals surface area contributed by atoms with E-state index in [9.17, 15) is 0 Å². The maximum absolute atomic E-state index is 4.70. The van der Waals surface area contributed by atoms with Crippen LogP contribution >= 0.6 is 27.3 Å². The number of halogens is 1. The second-order valence-electron chi connectivity index (χ2n) is 4.62. The molecule has 0 unspecified atom stereocenters. The Kier molecular flexibility index (Phi) is 3.77. The summed E-state index contributed by atoms with van der Waals surface area (Å²) in [4.78, 5) is 4.70. The molecule has 1 aromatic carbocycles. The minimum Gasteiger partial charge on any atom is -0.314 e. The molecule has 3 rings (SSSR count). The van der Waals surface area contributed by atoms with Crippen LogP contribution in [0.4, 0.5) is 0 Å². The molecule has 2 aromatic rings. The summed E-state index contributed by atoms with van der Waals surface area (Å²) in [6, 6.07) is 9.09. The first-order valence-electron chi connectivity index (χ1n) is 6.25. The van der Waals surface area contributed by atoms with Crippen LogP contribution < -0.4 is 5.32 Å². The Labute approximate surface area is 120 Å². The van der Waals surface area contributed by atoms with E-state index >= 15 is 0 Å². The minimum atomic E-state index is 0.787. The van der Waals surface area contributed by atoms with Crippen LogP contribution in [0.25, 0.3) is 11.3 Å². The molecule has 0 atom stereocenters. The molecule has 1 aliphatic rings. The summed E-state index contributed by atoms with van der Waals surface area (Å²) in [6.07, 6.45) is 3.73. The highest BCUT2D eigenvalue weighted by atomic mass is 79.9. The van der Waals surface area contributed by atoms with Crippen LogP contribution in [0.3, 0.4) is 0 Å². The zero-order valence-electron chi connectivity index (χ0n) is 10.0. The predicted molar refractivity (Wildman–Crippen MR) is 80.0 cm³/mol. The normalized spacial score (nSPS) is 14.9. The average molecular weight is 323 g/mol. The number of aromatic nitrogens is 1. The minimum absolute atomic E-state index is 0.787. The van der Waals surface area contributed by atoms with Crippen molar-refractivity contribution in [3.05, 3.63) is 39.1 Å². The molecule has 1 fully saturated rings. The first kappa shape index (κ1) is 12.3. The number of rotatable bonds is 5. The Morgan fingerprint density at radius 3 is 3.06 bits per heavy atom. The molecule has 1 N–H and O–H groups in total. The lowest BCUT2D eigenvalue weighted by Crippen LogP contribution is -2.19. The third-order valence-corrected chi connectivity index (χ3v) is 4.42. The summed E-state index contributed by atoms with van der Waals surface area (Å²) in [5, 5.41) is 6.89. The predicted octanol–water partition coefficient (Wildman–Crippen LogP) is 3.87. The molecule has 1 saturated carbocycles. The molecule has 0 aliphatic heterocycles. The van der Waals surface area contributed by atoms with Crippen LogP contribution in [0.15, 0.2) is 34.1 Å². The van der Waals surface area contributed by atoms with Gasteiger partial charge in [-0.3, -0.25) is 0 Å². The molecule has 1 heterocycles. The van der Waals surface area contributed by atoms with E-state index in [0.717, 1.165) is 29.2 Å². The zero-order chi connectivity index (χ0) is 12.4. The molecule has 0 bridgehead atoms. The van der Waals surface area contributed by atoms with E-state index in [1.165, 1.54) is 23.4 Å². The fourth-order valence-corrected chi connectivity index (χ4v) is 3.08. The van der Waals surface area contributed by atoms with Crippen molar-refractivity contribution >= 4 is 27.3 Å². The molecule has 1 aromatic heterocycles. The summed E-state index contributed by atoms with van der Waals surface area (Å²) in [7, 11) is 0. The molecule has 0 amide bonds. The van der Waals surface area contributed by atoms with Gasteiger partial charge in [0.15, 0.2) is 0 Å². The maximum atomic E-state index is 4.70. The van der Waals surface area contributed by atoms with E-state index in [1.807, 2.05) is 12.1 Å². The monoisotopic (exact) mass is 322 g/mol. The van der Waals surface area contributed by atoms with Crippen LogP contribution in [0, 0.1) is 0 Å². The fourth-order valence-electron chi connectivity index (χ4n) is 1.88. The van der Waals surface area contributed by atoms with Gasteiger partial charge in [0.2, 0.25) is 0 Å². The zero-order valence-corrected chi connectivity index (χ0v) is 12.4. The van der Waals surface area contributed by atoms with Crippen molar-refractivity contribution in [1.82, 2.24) is 10.3 Å². The van der Waals surface area contributed by atoms with E-state index in [0.29, 0.717) is 0 Å². The van der Waals surface area contributed by atoms with Crippen LogP contribution in [-0.4, -0.2) is 17.6 Å². The van der Waals surface area contributed by atoms with Crippen molar-refractivity contribution in [2.75, 3.05) is 6.54 Å². The first-order chi connectivity index (χ1) is 8.81. The highest BCUT2D eigenvalue weighted by molar-refractivity contribution is 9.10. The van der Waals surface area contributed by atoms with Gasteiger partial charge in [0.05, 0.1) is 10.7 Å². The molecule has 2 nitrogen and oxygen atoms in total. The van der Waals surface area contributed by atoms with E-state index in [1.54, 1.807) is 11.3 Å². The lowest BCUT2D eigenvalue weighted by atomic mass is 10.2. The lowest BCUT2D eigenvalue weighted by Gasteiger charge is -1.99. The molecular weight excluding hydrogens is 308 g/mol. The number of thiazole rings is 1. The summed E-state index contributed by atoms with van der Waals surface area (Å²) < 4.78 is 1.10. The van der Waals surface area contributed by atoms with Gasteiger partial charge >= 0.3 is 0 Å². The van der Waals surface area contributed by atoms with E-state index in [4.69, 9.17) is 4.98 Å². The molecular formula is C14H15BrN2S. The lowest BCUT2D eigenvalue weighted by molar-refractivity contribution is 0.680. The second-order valence-corrected chi connectivity index (χ2v) is 6.47. The fraction of sp³-hybridized carbons (Fsp3) is 0.357. The Morgan fingerprint density at radius 1 is 1.39 bits per heavy atom. The van der Waals surface area contributed by atoms with Gasteiger partial charge in [0, 0.05) is 34.4 Å². The van der Waals surface area contributed by atoms with Crippen molar-refractivity contribution < 1.29 is 0 Å². The van der Waals surface area contributed by atoms with Gasteiger partial charge in [-0.05, 0) is 25.0 Å². The van der Waals surface area contributed by atoms with Gasteiger partial charge in [0.1, 0.15) is 0 Å².